The molecule has 4 rings (SSSR count). The second-order valence-electron chi connectivity index (χ2n) is 7.44. The van der Waals surface area contributed by atoms with Gasteiger partial charge in [0.2, 0.25) is 0 Å². The van der Waals surface area contributed by atoms with Crippen LogP contribution in [0.5, 0.6) is 11.5 Å². The van der Waals surface area contributed by atoms with Crippen LogP contribution in [0.15, 0.2) is 48.5 Å². The molecule has 0 bridgehead atoms. The molecule has 1 aromatic heterocycles. The molecule has 0 unspecified atom stereocenters. The standard InChI is InChI=1S/C22H22ClN3O5S/c1-30-17-6-3-14(4-7-17)20-12-19(25-26(20)16-9-10-32(28,29)13-16)22(27)24-18-11-15(23)5-8-21(18)31-2/h3-8,11-12,16H,9-10,13H2,1-2H3,(H,24,27)/t16-/m1/s1. The van der Waals surface area contributed by atoms with Gasteiger partial charge in [-0.15, -0.1) is 0 Å². The molecule has 2 heterocycles. The average molecular weight is 476 g/mol. The summed E-state index contributed by atoms with van der Waals surface area (Å²) in [4.78, 5) is 13.0. The van der Waals surface area contributed by atoms with Crippen LogP contribution in [0.25, 0.3) is 11.3 Å². The fourth-order valence-electron chi connectivity index (χ4n) is 3.69. The molecule has 0 radical (unpaired) electrons. The smallest absolute Gasteiger partial charge is 0.276 e. The predicted molar refractivity (Wildman–Crippen MR) is 122 cm³/mol. The molecule has 3 aromatic rings. The van der Waals surface area contributed by atoms with Crippen LogP contribution in [0, 0.1) is 0 Å². The first-order valence-electron chi connectivity index (χ1n) is 9.89. The van der Waals surface area contributed by atoms with Crippen LogP contribution in [0.3, 0.4) is 0 Å². The van der Waals surface area contributed by atoms with E-state index in [4.69, 9.17) is 21.1 Å². The largest absolute Gasteiger partial charge is 0.497 e. The lowest BCUT2D eigenvalue weighted by Gasteiger charge is -2.13. The van der Waals surface area contributed by atoms with Crippen molar-refractivity contribution in [3.8, 4) is 22.8 Å². The number of halogens is 1. The van der Waals surface area contributed by atoms with Crippen LogP contribution >= 0.6 is 11.6 Å². The Balaban J connectivity index is 1.71. The Bertz CT molecular complexity index is 1260. The molecule has 10 heteroatoms. The number of aromatic nitrogens is 2. The summed E-state index contributed by atoms with van der Waals surface area (Å²) >= 11 is 6.06. The second kappa shape index (κ2) is 8.84. The summed E-state index contributed by atoms with van der Waals surface area (Å²) in [5.41, 5.74) is 2.01. The fourth-order valence-corrected chi connectivity index (χ4v) is 5.56. The third-order valence-corrected chi connectivity index (χ3v) is 7.30. The predicted octanol–water partition coefficient (Wildman–Crippen LogP) is 3.83. The minimum absolute atomic E-state index is 0.0129. The Morgan fingerprint density at radius 3 is 2.50 bits per heavy atom. The van der Waals surface area contributed by atoms with Crippen LogP contribution < -0.4 is 14.8 Å². The lowest BCUT2D eigenvalue weighted by Crippen LogP contribution is -2.17. The van der Waals surface area contributed by atoms with Gasteiger partial charge in [-0.2, -0.15) is 5.10 Å². The summed E-state index contributed by atoms with van der Waals surface area (Å²) in [7, 11) is -0.0646. The SMILES string of the molecule is COc1ccc(-c2cc(C(=O)Nc3cc(Cl)ccc3OC)nn2[C@@H]2CCS(=O)(=O)C2)cc1. The molecule has 1 aliphatic heterocycles. The summed E-state index contributed by atoms with van der Waals surface area (Å²) in [5.74, 6) is 0.774. The normalized spacial score (nSPS) is 17.2. The number of carbonyl (C=O) groups is 1. The number of ether oxygens (including phenoxy) is 2. The molecular formula is C22H22ClN3O5S. The highest BCUT2D eigenvalue weighted by Crippen LogP contribution is 2.32. The van der Waals surface area contributed by atoms with E-state index in [9.17, 15) is 13.2 Å². The molecule has 0 saturated carbocycles. The van der Waals surface area contributed by atoms with E-state index < -0.39 is 15.7 Å². The van der Waals surface area contributed by atoms with Crippen LogP contribution in [0.2, 0.25) is 5.02 Å². The number of hydrogen-bond acceptors (Lipinski definition) is 6. The number of anilines is 1. The third-order valence-electron chi connectivity index (χ3n) is 5.32. The van der Waals surface area contributed by atoms with Gasteiger partial charge in [-0.25, -0.2) is 8.42 Å². The van der Waals surface area contributed by atoms with Crippen molar-refractivity contribution in [2.75, 3.05) is 31.0 Å². The van der Waals surface area contributed by atoms with Gasteiger partial charge in [-0.1, -0.05) is 11.6 Å². The van der Waals surface area contributed by atoms with Gasteiger partial charge in [-0.3, -0.25) is 9.48 Å². The highest BCUT2D eigenvalue weighted by Gasteiger charge is 2.32. The van der Waals surface area contributed by atoms with E-state index in [1.165, 1.54) is 7.11 Å². The molecule has 1 atom stereocenters. The highest BCUT2D eigenvalue weighted by atomic mass is 35.5. The maximum atomic E-state index is 13.0. The van der Waals surface area contributed by atoms with Gasteiger partial charge in [0.1, 0.15) is 11.5 Å². The van der Waals surface area contributed by atoms with Crippen LogP contribution in [-0.4, -0.2) is 49.8 Å². The Kier molecular flexibility index (Phi) is 6.12. The second-order valence-corrected chi connectivity index (χ2v) is 10.1. The molecule has 8 nitrogen and oxygen atoms in total. The van der Waals surface area contributed by atoms with Crippen molar-refractivity contribution in [3.63, 3.8) is 0 Å². The molecule has 1 amide bonds. The maximum absolute atomic E-state index is 13.0. The van der Waals surface area contributed by atoms with Crippen molar-refractivity contribution >= 4 is 33.0 Å². The van der Waals surface area contributed by atoms with Gasteiger partial charge < -0.3 is 14.8 Å². The summed E-state index contributed by atoms with van der Waals surface area (Å²) < 4.78 is 36.3. The molecule has 1 N–H and O–H groups in total. The molecule has 0 aliphatic carbocycles. The molecule has 1 fully saturated rings. The number of nitrogens with one attached hydrogen (secondary N) is 1. The number of methoxy groups -OCH3 is 2. The zero-order valence-corrected chi connectivity index (χ0v) is 19.1. The van der Waals surface area contributed by atoms with Gasteiger partial charge in [0, 0.05) is 10.6 Å². The zero-order chi connectivity index (χ0) is 22.9. The van der Waals surface area contributed by atoms with E-state index >= 15 is 0 Å². The lowest BCUT2D eigenvalue weighted by molar-refractivity contribution is 0.102. The van der Waals surface area contributed by atoms with E-state index in [0.29, 0.717) is 34.3 Å². The fraction of sp³-hybridized carbons (Fsp3) is 0.273. The van der Waals surface area contributed by atoms with E-state index in [-0.39, 0.29) is 23.2 Å². The van der Waals surface area contributed by atoms with Crippen molar-refractivity contribution in [2.45, 2.75) is 12.5 Å². The Labute approximate surface area is 191 Å². The molecule has 168 valence electrons. The lowest BCUT2D eigenvalue weighted by atomic mass is 10.1. The first-order chi connectivity index (χ1) is 15.3. The number of amides is 1. The topological polar surface area (TPSA) is 99.5 Å². The number of carbonyl (C=O) groups excluding carboxylic acids is 1. The number of sulfone groups is 1. The number of hydrogen-bond donors (Lipinski definition) is 1. The van der Waals surface area contributed by atoms with Gasteiger partial charge in [0.15, 0.2) is 15.5 Å². The van der Waals surface area contributed by atoms with Gasteiger partial charge in [0.05, 0.1) is 43.1 Å². The van der Waals surface area contributed by atoms with E-state index in [1.807, 2.05) is 12.1 Å². The van der Waals surface area contributed by atoms with Gasteiger partial charge in [-0.05, 0) is 55.0 Å². The molecule has 0 spiro atoms. The highest BCUT2D eigenvalue weighted by molar-refractivity contribution is 7.91. The van der Waals surface area contributed by atoms with E-state index in [1.54, 1.807) is 48.2 Å². The third kappa shape index (κ3) is 4.58. The van der Waals surface area contributed by atoms with Crippen LogP contribution in [0.4, 0.5) is 5.69 Å². The number of benzene rings is 2. The van der Waals surface area contributed by atoms with Gasteiger partial charge in [0.25, 0.3) is 5.91 Å². The zero-order valence-electron chi connectivity index (χ0n) is 17.5. The molecule has 2 aromatic carbocycles. The quantitative estimate of drug-likeness (QED) is 0.581. The summed E-state index contributed by atoms with van der Waals surface area (Å²) in [6, 6.07) is 13.5. The van der Waals surface area contributed by atoms with Crippen molar-refractivity contribution in [3.05, 3.63) is 59.2 Å². The minimum atomic E-state index is -3.14. The minimum Gasteiger partial charge on any atom is -0.497 e. The summed E-state index contributed by atoms with van der Waals surface area (Å²) in [5, 5.41) is 7.71. The monoisotopic (exact) mass is 475 g/mol. The van der Waals surface area contributed by atoms with Crippen molar-refractivity contribution in [1.29, 1.82) is 0 Å². The first-order valence-corrected chi connectivity index (χ1v) is 12.1. The maximum Gasteiger partial charge on any atom is 0.276 e. The van der Waals surface area contributed by atoms with E-state index in [0.717, 1.165) is 5.56 Å². The molecule has 1 aliphatic rings. The van der Waals surface area contributed by atoms with Crippen molar-refractivity contribution in [2.24, 2.45) is 0 Å². The average Bonchev–Trinajstić information content (AvgIpc) is 3.37. The van der Waals surface area contributed by atoms with Crippen molar-refractivity contribution in [1.82, 2.24) is 9.78 Å². The number of nitrogens with zero attached hydrogens (tertiary/aromatic N) is 2. The molecule has 32 heavy (non-hydrogen) atoms. The van der Waals surface area contributed by atoms with E-state index in [2.05, 4.69) is 10.4 Å². The Morgan fingerprint density at radius 1 is 1.12 bits per heavy atom. The van der Waals surface area contributed by atoms with Gasteiger partial charge >= 0.3 is 0 Å². The molecule has 1 saturated heterocycles. The van der Waals surface area contributed by atoms with Crippen LogP contribution in [0.1, 0.15) is 23.0 Å². The molecular weight excluding hydrogens is 454 g/mol. The summed E-state index contributed by atoms with van der Waals surface area (Å²) in [6.45, 7) is 0. The van der Waals surface area contributed by atoms with Crippen LogP contribution in [-0.2, 0) is 9.84 Å². The Hall–Kier alpha value is -3.04. The summed E-state index contributed by atoms with van der Waals surface area (Å²) in [6.07, 6.45) is 0.441. The Morgan fingerprint density at radius 2 is 1.88 bits per heavy atom. The first kappa shape index (κ1) is 22.2. The van der Waals surface area contributed by atoms with Crippen molar-refractivity contribution < 1.29 is 22.7 Å². The number of rotatable bonds is 6.